The van der Waals surface area contributed by atoms with Crippen LogP contribution in [0.3, 0.4) is 0 Å². The van der Waals surface area contributed by atoms with E-state index < -0.39 is 0 Å². The van der Waals surface area contributed by atoms with Crippen LogP contribution >= 0.6 is 0 Å². The van der Waals surface area contributed by atoms with Crippen LogP contribution in [-0.4, -0.2) is 9.97 Å². The molecule has 0 fully saturated rings. The lowest BCUT2D eigenvalue weighted by atomic mass is 9.82. The lowest BCUT2D eigenvalue weighted by Crippen LogP contribution is -2.14. The first kappa shape index (κ1) is 36.9. The number of rotatable bonds is 6. The third kappa shape index (κ3) is 6.17. The number of hydrogen-bond acceptors (Lipinski definition) is 2. The first-order valence-corrected chi connectivity index (χ1v) is 21.8. The van der Waals surface area contributed by atoms with Crippen LogP contribution in [0.5, 0.6) is 0 Å². The molecule has 0 unspecified atom stereocenters. The van der Waals surface area contributed by atoms with Gasteiger partial charge in [-0.1, -0.05) is 214 Å². The minimum absolute atomic E-state index is 0.0619. The maximum absolute atomic E-state index is 5.21. The van der Waals surface area contributed by atoms with Gasteiger partial charge in [-0.3, -0.25) is 0 Å². The molecule has 296 valence electrons. The van der Waals surface area contributed by atoms with Gasteiger partial charge < -0.3 is 0 Å². The summed E-state index contributed by atoms with van der Waals surface area (Å²) in [7, 11) is 0. The molecule has 1 aromatic heterocycles. The molecule has 12 rings (SSSR count). The third-order valence-corrected chi connectivity index (χ3v) is 13.3. The molecule has 1 heterocycles. The van der Waals surface area contributed by atoms with Crippen LogP contribution in [0.15, 0.2) is 218 Å². The van der Waals surface area contributed by atoms with Crippen molar-refractivity contribution in [2.75, 3.05) is 0 Å². The molecule has 2 heteroatoms. The Morgan fingerprint density at radius 1 is 0.302 bits per heavy atom. The Labute approximate surface area is 367 Å². The number of benzene rings is 10. The summed E-state index contributed by atoms with van der Waals surface area (Å²) in [4.78, 5) is 10.4. The van der Waals surface area contributed by atoms with Gasteiger partial charge in [0.25, 0.3) is 0 Å². The smallest absolute Gasteiger partial charge is 0.160 e. The molecule has 0 saturated heterocycles. The Bertz CT molecular complexity index is 3560. The first-order valence-electron chi connectivity index (χ1n) is 21.8. The zero-order chi connectivity index (χ0) is 42.1. The average molecular weight is 803 g/mol. The Kier molecular flexibility index (Phi) is 8.55. The number of nitrogens with zero attached hydrogens (tertiary/aromatic N) is 2. The molecule has 63 heavy (non-hydrogen) atoms. The van der Waals surface area contributed by atoms with E-state index >= 15 is 0 Å². The van der Waals surface area contributed by atoms with Gasteiger partial charge in [-0.15, -0.1) is 0 Å². The van der Waals surface area contributed by atoms with E-state index in [9.17, 15) is 0 Å². The summed E-state index contributed by atoms with van der Waals surface area (Å²) >= 11 is 0. The maximum Gasteiger partial charge on any atom is 0.160 e. The van der Waals surface area contributed by atoms with E-state index in [4.69, 9.17) is 9.97 Å². The summed E-state index contributed by atoms with van der Waals surface area (Å²) < 4.78 is 0. The van der Waals surface area contributed by atoms with Crippen LogP contribution in [0, 0.1) is 0 Å². The summed E-state index contributed by atoms with van der Waals surface area (Å²) in [6.45, 7) is 4.67. The van der Waals surface area contributed by atoms with Gasteiger partial charge in [0.1, 0.15) is 0 Å². The zero-order valence-electron chi connectivity index (χ0n) is 35.2. The SMILES string of the molecule is CC1(C)c2ccccc2-c2c(-c3cccc(-c4cc(-c5ccc(-c6ccc(-c7c8ccccc8cc8c7ccc7ccccc78)cc6)cc5)nc(-c5ccccc5)n4)c3)cccc21. The van der Waals surface area contributed by atoms with E-state index in [0.29, 0.717) is 5.82 Å². The van der Waals surface area contributed by atoms with Crippen molar-refractivity contribution in [2.45, 2.75) is 19.3 Å². The number of hydrogen-bond donors (Lipinski definition) is 0. The quantitative estimate of drug-likeness (QED) is 0.124. The van der Waals surface area contributed by atoms with Gasteiger partial charge in [0.2, 0.25) is 0 Å². The first-order chi connectivity index (χ1) is 31.0. The molecule has 10 aromatic carbocycles. The van der Waals surface area contributed by atoms with E-state index in [1.165, 1.54) is 82.4 Å². The predicted octanol–water partition coefficient (Wildman–Crippen LogP) is 16.2. The fourth-order valence-corrected chi connectivity index (χ4v) is 10.1. The Hall–Kier alpha value is -7.94. The second-order valence-corrected chi connectivity index (χ2v) is 17.3. The van der Waals surface area contributed by atoms with Crippen molar-refractivity contribution in [3.63, 3.8) is 0 Å². The highest BCUT2D eigenvalue weighted by molar-refractivity contribution is 6.20. The van der Waals surface area contributed by atoms with Crippen LogP contribution in [0.1, 0.15) is 25.0 Å². The molecule has 0 bridgehead atoms. The summed E-state index contributed by atoms with van der Waals surface area (Å²) in [6, 6.07) is 79.1. The van der Waals surface area contributed by atoms with Crippen molar-refractivity contribution < 1.29 is 0 Å². The fourth-order valence-electron chi connectivity index (χ4n) is 10.1. The van der Waals surface area contributed by atoms with Gasteiger partial charge >= 0.3 is 0 Å². The van der Waals surface area contributed by atoms with Crippen LogP contribution in [0.4, 0.5) is 0 Å². The van der Waals surface area contributed by atoms with Crippen molar-refractivity contribution in [2.24, 2.45) is 0 Å². The lowest BCUT2D eigenvalue weighted by Gasteiger charge is -2.21. The van der Waals surface area contributed by atoms with Crippen LogP contribution in [0.25, 0.3) is 111 Å². The molecule has 0 N–H and O–H groups in total. The van der Waals surface area contributed by atoms with Crippen molar-refractivity contribution in [3.8, 4) is 78.4 Å². The lowest BCUT2D eigenvalue weighted by molar-refractivity contribution is 0.660. The summed E-state index contributed by atoms with van der Waals surface area (Å²) in [5.41, 5.74) is 17.4. The molecule has 2 nitrogen and oxygen atoms in total. The molecular formula is C61H42N2. The molecule has 0 aliphatic heterocycles. The highest BCUT2D eigenvalue weighted by atomic mass is 14.9. The topological polar surface area (TPSA) is 25.8 Å². The predicted molar refractivity (Wildman–Crippen MR) is 265 cm³/mol. The number of fused-ring (bicyclic) bond motifs is 7. The largest absolute Gasteiger partial charge is 0.228 e. The van der Waals surface area contributed by atoms with E-state index in [0.717, 1.165) is 33.6 Å². The Morgan fingerprint density at radius 2 is 0.873 bits per heavy atom. The minimum atomic E-state index is -0.0619. The minimum Gasteiger partial charge on any atom is -0.228 e. The standard InChI is InChI=1S/C61H42N2/c1-61(2)54-24-11-10-22-52(54)59-50(23-13-25-55(59)61)45-18-12-19-47(36-45)57-38-56(62-60(63-57)44-15-4-3-5-16-44)42-30-26-39(27-31-42)40-28-32-43(33-29-40)58-49-21-9-7-17-46(49)37-53-48-20-8-6-14-41(48)34-35-51(53)58/h3-38H,1-2H3. The third-order valence-electron chi connectivity index (χ3n) is 13.3. The van der Waals surface area contributed by atoms with Gasteiger partial charge in [-0.2, -0.15) is 0 Å². The highest BCUT2D eigenvalue weighted by Crippen LogP contribution is 2.52. The Balaban J connectivity index is 0.908. The van der Waals surface area contributed by atoms with Crippen molar-refractivity contribution >= 4 is 32.3 Å². The van der Waals surface area contributed by atoms with Crippen molar-refractivity contribution in [1.82, 2.24) is 9.97 Å². The van der Waals surface area contributed by atoms with Crippen molar-refractivity contribution in [1.29, 1.82) is 0 Å². The van der Waals surface area contributed by atoms with Gasteiger partial charge in [-0.05, 0) is 106 Å². The molecule has 0 amide bonds. The maximum atomic E-state index is 5.21. The normalized spacial score (nSPS) is 12.7. The molecule has 11 aromatic rings. The average Bonchev–Trinajstić information content (AvgIpc) is 3.59. The van der Waals surface area contributed by atoms with Crippen LogP contribution in [0.2, 0.25) is 0 Å². The highest BCUT2D eigenvalue weighted by Gasteiger charge is 2.36. The molecule has 0 saturated carbocycles. The molecule has 0 atom stereocenters. The fraction of sp³-hybridized carbons (Fsp3) is 0.0492. The van der Waals surface area contributed by atoms with Crippen LogP contribution < -0.4 is 0 Å². The van der Waals surface area contributed by atoms with Crippen LogP contribution in [-0.2, 0) is 5.41 Å². The van der Waals surface area contributed by atoms with E-state index in [-0.39, 0.29) is 5.41 Å². The van der Waals surface area contributed by atoms with Crippen molar-refractivity contribution in [3.05, 3.63) is 230 Å². The monoisotopic (exact) mass is 802 g/mol. The van der Waals surface area contributed by atoms with Gasteiger partial charge in [0, 0.05) is 22.1 Å². The molecule has 0 spiro atoms. The summed E-state index contributed by atoms with van der Waals surface area (Å²) in [5, 5.41) is 7.61. The van der Waals surface area contributed by atoms with E-state index in [2.05, 4.69) is 214 Å². The van der Waals surface area contributed by atoms with Gasteiger partial charge in [0.05, 0.1) is 11.4 Å². The molecule has 0 radical (unpaired) electrons. The molecule has 1 aliphatic rings. The number of aromatic nitrogens is 2. The van der Waals surface area contributed by atoms with E-state index in [1.54, 1.807) is 0 Å². The van der Waals surface area contributed by atoms with E-state index in [1.807, 2.05) is 18.2 Å². The summed E-state index contributed by atoms with van der Waals surface area (Å²) in [6.07, 6.45) is 0. The molecular weight excluding hydrogens is 761 g/mol. The van der Waals surface area contributed by atoms with Gasteiger partial charge in [-0.25, -0.2) is 9.97 Å². The second kappa shape index (κ2) is 14.6. The van der Waals surface area contributed by atoms with Gasteiger partial charge in [0.15, 0.2) is 5.82 Å². The molecule has 1 aliphatic carbocycles. The second-order valence-electron chi connectivity index (χ2n) is 17.3. The Morgan fingerprint density at radius 3 is 1.67 bits per heavy atom. The zero-order valence-corrected chi connectivity index (χ0v) is 35.2. The summed E-state index contributed by atoms with van der Waals surface area (Å²) in [5.74, 6) is 0.707.